The van der Waals surface area contributed by atoms with Crippen LogP contribution in [0, 0.1) is 6.92 Å². The lowest BCUT2D eigenvalue weighted by Crippen LogP contribution is -2.16. The van der Waals surface area contributed by atoms with E-state index in [4.69, 9.17) is 4.42 Å². The molecule has 102 valence electrons. The zero-order valence-electron chi connectivity index (χ0n) is 11.6. The molecule has 20 heavy (non-hydrogen) atoms. The van der Waals surface area contributed by atoms with E-state index in [2.05, 4.69) is 41.5 Å². The molecule has 1 N–H and O–H groups in total. The fourth-order valence-electron chi connectivity index (χ4n) is 2.19. The van der Waals surface area contributed by atoms with Crippen molar-refractivity contribution in [3.05, 3.63) is 72.2 Å². The van der Waals surface area contributed by atoms with E-state index in [1.807, 2.05) is 29.9 Å². The highest BCUT2D eigenvalue weighted by Gasteiger charge is 2.20. The van der Waals surface area contributed by atoms with Crippen LogP contribution in [0.2, 0.25) is 0 Å². The standard InChI is InChI=1S/C16H17N3O/c1-12-5-7-13(8-6-12)18-15(14-4-3-11-20-14)16-17-9-10-19(16)2/h3-11,15,18H,1-2H3. The van der Waals surface area contributed by atoms with Crippen molar-refractivity contribution < 1.29 is 4.42 Å². The zero-order chi connectivity index (χ0) is 13.9. The Labute approximate surface area is 118 Å². The summed E-state index contributed by atoms with van der Waals surface area (Å²) < 4.78 is 7.55. The molecule has 0 bridgehead atoms. The molecule has 4 heteroatoms. The summed E-state index contributed by atoms with van der Waals surface area (Å²) in [4.78, 5) is 4.43. The van der Waals surface area contributed by atoms with E-state index in [0.29, 0.717) is 0 Å². The Morgan fingerprint density at radius 2 is 2.00 bits per heavy atom. The van der Waals surface area contributed by atoms with Crippen molar-refractivity contribution in [2.24, 2.45) is 7.05 Å². The van der Waals surface area contributed by atoms with Gasteiger partial charge in [-0.2, -0.15) is 0 Å². The molecule has 0 fully saturated rings. The van der Waals surface area contributed by atoms with E-state index in [1.165, 1.54) is 5.56 Å². The second kappa shape index (κ2) is 5.25. The number of hydrogen-bond donors (Lipinski definition) is 1. The molecule has 2 heterocycles. The summed E-state index contributed by atoms with van der Waals surface area (Å²) >= 11 is 0. The Morgan fingerprint density at radius 3 is 2.60 bits per heavy atom. The van der Waals surface area contributed by atoms with Crippen molar-refractivity contribution in [1.29, 1.82) is 0 Å². The maximum atomic E-state index is 5.55. The molecule has 1 atom stereocenters. The highest BCUT2D eigenvalue weighted by Crippen LogP contribution is 2.25. The molecule has 4 nitrogen and oxygen atoms in total. The largest absolute Gasteiger partial charge is 0.467 e. The average molecular weight is 267 g/mol. The summed E-state index contributed by atoms with van der Waals surface area (Å²) in [7, 11) is 1.98. The van der Waals surface area contributed by atoms with Crippen LogP contribution in [0.5, 0.6) is 0 Å². The van der Waals surface area contributed by atoms with Crippen LogP contribution in [0.4, 0.5) is 5.69 Å². The minimum absolute atomic E-state index is 0.104. The van der Waals surface area contributed by atoms with Gasteiger partial charge in [0.1, 0.15) is 17.6 Å². The topological polar surface area (TPSA) is 43.0 Å². The van der Waals surface area contributed by atoms with Gasteiger partial charge in [-0.05, 0) is 31.2 Å². The van der Waals surface area contributed by atoms with Gasteiger partial charge in [-0.1, -0.05) is 17.7 Å². The van der Waals surface area contributed by atoms with Crippen LogP contribution in [-0.2, 0) is 7.05 Å². The molecule has 1 unspecified atom stereocenters. The first kappa shape index (κ1) is 12.5. The van der Waals surface area contributed by atoms with Gasteiger partial charge in [0.25, 0.3) is 0 Å². The first-order chi connectivity index (χ1) is 9.74. The molecular formula is C16H17N3O. The van der Waals surface area contributed by atoms with E-state index >= 15 is 0 Å². The number of aromatic nitrogens is 2. The quantitative estimate of drug-likeness (QED) is 0.786. The van der Waals surface area contributed by atoms with Gasteiger partial charge in [-0.25, -0.2) is 4.98 Å². The third kappa shape index (κ3) is 2.45. The Kier molecular flexibility index (Phi) is 3.29. The number of nitrogens with one attached hydrogen (secondary N) is 1. The molecule has 0 aliphatic carbocycles. The summed E-state index contributed by atoms with van der Waals surface area (Å²) in [6.45, 7) is 2.08. The second-order valence-corrected chi connectivity index (χ2v) is 4.86. The molecule has 0 saturated carbocycles. The number of benzene rings is 1. The summed E-state index contributed by atoms with van der Waals surface area (Å²) in [5, 5.41) is 3.47. The number of hydrogen-bond acceptors (Lipinski definition) is 3. The molecule has 1 aromatic carbocycles. The fourth-order valence-corrected chi connectivity index (χ4v) is 2.19. The van der Waals surface area contributed by atoms with Crippen LogP contribution in [-0.4, -0.2) is 9.55 Å². The van der Waals surface area contributed by atoms with Gasteiger partial charge in [0.15, 0.2) is 0 Å². The third-order valence-corrected chi connectivity index (χ3v) is 3.31. The van der Waals surface area contributed by atoms with Gasteiger partial charge in [0.2, 0.25) is 0 Å². The van der Waals surface area contributed by atoms with Gasteiger partial charge < -0.3 is 14.3 Å². The van der Waals surface area contributed by atoms with Crippen LogP contribution < -0.4 is 5.32 Å². The highest BCUT2D eigenvalue weighted by molar-refractivity contribution is 5.47. The minimum Gasteiger partial charge on any atom is -0.467 e. The SMILES string of the molecule is Cc1ccc(NC(c2ccco2)c2nccn2C)cc1. The van der Waals surface area contributed by atoms with Crippen molar-refractivity contribution >= 4 is 5.69 Å². The van der Waals surface area contributed by atoms with Crippen molar-refractivity contribution in [2.75, 3.05) is 5.32 Å². The average Bonchev–Trinajstić information content (AvgIpc) is 3.10. The monoisotopic (exact) mass is 267 g/mol. The molecule has 3 rings (SSSR count). The molecule has 0 saturated heterocycles. The number of aryl methyl sites for hydroxylation is 2. The molecule has 2 aromatic heterocycles. The predicted molar refractivity (Wildman–Crippen MR) is 78.6 cm³/mol. The normalized spacial score (nSPS) is 12.3. The minimum atomic E-state index is -0.104. The first-order valence-corrected chi connectivity index (χ1v) is 6.58. The van der Waals surface area contributed by atoms with E-state index < -0.39 is 0 Å². The Hall–Kier alpha value is -2.49. The summed E-state index contributed by atoms with van der Waals surface area (Å²) in [6.07, 6.45) is 5.41. The maximum absolute atomic E-state index is 5.55. The lowest BCUT2D eigenvalue weighted by molar-refractivity contribution is 0.488. The summed E-state index contributed by atoms with van der Waals surface area (Å²) in [5.41, 5.74) is 2.28. The summed E-state index contributed by atoms with van der Waals surface area (Å²) in [6, 6.07) is 12.0. The van der Waals surface area contributed by atoms with Crippen LogP contribution in [0.15, 0.2) is 59.5 Å². The van der Waals surface area contributed by atoms with E-state index in [0.717, 1.165) is 17.3 Å². The molecule has 0 aliphatic rings. The van der Waals surface area contributed by atoms with Crippen LogP contribution in [0.3, 0.4) is 0 Å². The van der Waals surface area contributed by atoms with Gasteiger partial charge in [0, 0.05) is 25.1 Å². The molecule has 3 aromatic rings. The molecule has 0 spiro atoms. The van der Waals surface area contributed by atoms with Crippen molar-refractivity contribution in [3.63, 3.8) is 0 Å². The van der Waals surface area contributed by atoms with E-state index in [9.17, 15) is 0 Å². The molecule has 0 aliphatic heterocycles. The number of furan rings is 1. The van der Waals surface area contributed by atoms with Crippen LogP contribution in [0.1, 0.15) is 23.2 Å². The number of imidazole rings is 1. The third-order valence-electron chi connectivity index (χ3n) is 3.31. The van der Waals surface area contributed by atoms with Gasteiger partial charge in [-0.15, -0.1) is 0 Å². The zero-order valence-corrected chi connectivity index (χ0v) is 11.6. The molecule has 0 radical (unpaired) electrons. The maximum Gasteiger partial charge on any atom is 0.143 e. The van der Waals surface area contributed by atoms with E-state index in [-0.39, 0.29) is 6.04 Å². The van der Waals surface area contributed by atoms with Crippen molar-refractivity contribution in [3.8, 4) is 0 Å². The summed E-state index contributed by atoms with van der Waals surface area (Å²) in [5.74, 6) is 1.76. The lowest BCUT2D eigenvalue weighted by Gasteiger charge is -2.18. The predicted octanol–water partition coefficient (Wildman–Crippen LogP) is 3.52. The fraction of sp³-hybridized carbons (Fsp3) is 0.188. The smallest absolute Gasteiger partial charge is 0.143 e. The van der Waals surface area contributed by atoms with Crippen LogP contribution >= 0.6 is 0 Å². The van der Waals surface area contributed by atoms with E-state index in [1.54, 1.807) is 12.5 Å². The molecule has 0 amide bonds. The first-order valence-electron chi connectivity index (χ1n) is 6.58. The Balaban J connectivity index is 1.94. The van der Waals surface area contributed by atoms with Gasteiger partial charge in [0.05, 0.1) is 6.26 Å². The number of rotatable bonds is 4. The Bertz CT molecular complexity index is 668. The number of anilines is 1. The Morgan fingerprint density at radius 1 is 1.20 bits per heavy atom. The molecular weight excluding hydrogens is 250 g/mol. The lowest BCUT2D eigenvalue weighted by atomic mass is 10.1. The van der Waals surface area contributed by atoms with Gasteiger partial charge in [-0.3, -0.25) is 0 Å². The van der Waals surface area contributed by atoms with Crippen molar-refractivity contribution in [2.45, 2.75) is 13.0 Å². The highest BCUT2D eigenvalue weighted by atomic mass is 16.3. The van der Waals surface area contributed by atoms with Gasteiger partial charge >= 0.3 is 0 Å². The van der Waals surface area contributed by atoms with Crippen molar-refractivity contribution in [1.82, 2.24) is 9.55 Å². The second-order valence-electron chi connectivity index (χ2n) is 4.86. The number of nitrogens with zero attached hydrogens (tertiary/aromatic N) is 2. The van der Waals surface area contributed by atoms with Crippen LogP contribution in [0.25, 0.3) is 0 Å².